The lowest BCUT2D eigenvalue weighted by Crippen LogP contribution is -2.45. The van der Waals surface area contributed by atoms with E-state index in [1.165, 1.54) is 0 Å². The monoisotopic (exact) mass is 451 g/mol. The lowest BCUT2D eigenvalue weighted by atomic mass is 10.1. The van der Waals surface area contributed by atoms with Crippen LogP contribution in [0.4, 0.5) is 14.6 Å². The Morgan fingerprint density at radius 1 is 1.19 bits per heavy atom. The van der Waals surface area contributed by atoms with Crippen molar-refractivity contribution in [2.24, 2.45) is 0 Å². The first-order valence-electron chi connectivity index (χ1n) is 10.4. The minimum absolute atomic E-state index is 0.238. The first-order chi connectivity index (χ1) is 14.9. The van der Waals surface area contributed by atoms with Crippen LogP contribution in [0, 0.1) is 11.6 Å². The number of anilines is 1. The number of nitrogens with zero attached hydrogens (tertiary/aromatic N) is 3. The molecule has 0 spiro atoms. The smallest absolute Gasteiger partial charge is 0.254 e. The van der Waals surface area contributed by atoms with Gasteiger partial charge in [-0.05, 0) is 52.1 Å². The summed E-state index contributed by atoms with van der Waals surface area (Å²) in [6.45, 7) is 6.67. The zero-order valence-corrected chi connectivity index (χ0v) is 19.0. The number of imidazole rings is 1. The molecule has 8 nitrogen and oxygen atoms in total. The van der Waals surface area contributed by atoms with Crippen molar-refractivity contribution in [1.29, 1.82) is 0 Å². The van der Waals surface area contributed by atoms with Crippen LogP contribution in [-0.4, -0.2) is 58.1 Å². The minimum atomic E-state index is -1.82. The van der Waals surface area contributed by atoms with Crippen molar-refractivity contribution >= 4 is 17.6 Å². The lowest BCUT2D eigenvalue weighted by Gasteiger charge is -2.29. The molecule has 32 heavy (non-hydrogen) atoms. The van der Waals surface area contributed by atoms with Crippen LogP contribution in [0.15, 0.2) is 30.7 Å². The molecule has 0 saturated carbocycles. The molecule has 176 valence electrons. The molecule has 10 heteroatoms. The van der Waals surface area contributed by atoms with E-state index in [0.29, 0.717) is 24.7 Å². The number of hydrogen-bond donors (Lipinski definition) is 3. The Morgan fingerprint density at radius 3 is 2.38 bits per heavy atom. The molecule has 3 N–H and O–H groups in total. The van der Waals surface area contributed by atoms with Gasteiger partial charge >= 0.3 is 0 Å². The van der Waals surface area contributed by atoms with Gasteiger partial charge in [0.05, 0.1) is 11.9 Å². The number of aliphatic hydroxyl groups excluding tert-OH is 1. The van der Waals surface area contributed by atoms with Crippen LogP contribution in [0.5, 0.6) is 0 Å². The normalized spacial score (nSPS) is 13.7. The molecule has 0 aliphatic carbocycles. The van der Waals surface area contributed by atoms with E-state index >= 15 is 0 Å². The maximum absolute atomic E-state index is 13.4. The number of aromatic nitrogens is 2. The molecule has 0 unspecified atom stereocenters. The quantitative estimate of drug-likeness (QED) is 0.515. The molecule has 2 aromatic rings. The van der Waals surface area contributed by atoms with Crippen molar-refractivity contribution in [3.63, 3.8) is 0 Å². The second-order valence-corrected chi connectivity index (χ2v) is 8.66. The summed E-state index contributed by atoms with van der Waals surface area (Å²) in [5, 5.41) is 15.3. The number of amides is 2. The fourth-order valence-corrected chi connectivity index (χ4v) is 3.48. The number of benzene rings is 1. The Hall–Kier alpha value is -2.85. The maximum atomic E-state index is 13.4. The Balaban J connectivity index is 2.08. The number of nitrogens with one attached hydrogen (secondary N) is 2. The van der Waals surface area contributed by atoms with Gasteiger partial charge in [0.1, 0.15) is 17.7 Å². The number of likely N-dealkylation sites (N-methyl/N-ethyl adjacent to an activating group) is 1. The van der Waals surface area contributed by atoms with Gasteiger partial charge in [0.25, 0.3) is 5.91 Å². The van der Waals surface area contributed by atoms with Gasteiger partial charge in [0, 0.05) is 18.8 Å². The number of carbonyl (C=O) groups excluding carboxylic acids is 2. The van der Waals surface area contributed by atoms with Gasteiger partial charge in [-0.1, -0.05) is 13.3 Å². The van der Waals surface area contributed by atoms with Crippen LogP contribution >= 0.6 is 0 Å². The number of rotatable bonds is 10. The Bertz CT molecular complexity index is 925. The lowest BCUT2D eigenvalue weighted by molar-refractivity contribution is -0.133. The topological polar surface area (TPSA) is 99.5 Å². The summed E-state index contributed by atoms with van der Waals surface area (Å²) in [7, 11) is 3.93. The molecular weight excluding hydrogens is 420 g/mol. The third-order valence-corrected chi connectivity index (χ3v) is 4.90. The van der Waals surface area contributed by atoms with Crippen molar-refractivity contribution in [3.05, 3.63) is 47.9 Å². The summed E-state index contributed by atoms with van der Waals surface area (Å²) < 4.78 is 28.7. The highest BCUT2D eigenvalue weighted by atomic mass is 19.1. The standard InChI is InChI=1S/C22H31F2N5O3/c1-6-7-17(26-21(32)19(30)14-8-15(23)10-16(24)9-14)20(31)27-18-11-29(13-25-18)22(2,3)12-28(4)5/h8-11,13,17,19,30H,6-7,12H2,1-5H3,(H,26,32)(H,27,31)/t17-,19-/m0/s1. The molecule has 2 amide bonds. The molecule has 2 rings (SSSR count). The number of hydrogen-bond acceptors (Lipinski definition) is 5. The molecule has 0 bridgehead atoms. The van der Waals surface area contributed by atoms with Crippen LogP contribution in [-0.2, 0) is 15.1 Å². The average Bonchev–Trinajstić information content (AvgIpc) is 3.14. The van der Waals surface area contributed by atoms with Crippen molar-refractivity contribution in [2.75, 3.05) is 26.0 Å². The van der Waals surface area contributed by atoms with Gasteiger partial charge in [-0.25, -0.2) is 13.8 Å². The Morgan fingerprint density at radius 2 is 1.81 bits per heavy atom. The summed E-state index contributed by atoms with van der Waals surface area (Å²) in [6.07, 6.45) is 2.38. The molecular formula is C22H31F2N5O3. The van der Waals surface area contributed by atoms with E-state index in [0.717, 1.165) is 18.7 Å². The van der Waals surface area contributed by atoms with Crippen molar-refractivity contribution in [1.82, 2.24) is 19.8 Å². The molecule has 1 aromatic heterocycles. The molecule has 1 aromatic carbocycles. The van der Waals surface area contributed by atoms with Gasteiger partial charge in [0.2, 0.25) is 5.91 Å². The van der Waals surface area contributed by atoms with Gasteiger partial charge in [-0.3, -0.25) is 9.59 Å². The molecule has 2 atom stereocenters. The SMILES string of the molecule is CCC[C@H](NC(=O)[C@@H](O)c1cc(F)cc(F)c1)C(=O)Nc1cn(C(C)(C)CN(C)C)cn1. The highest BCUT2D eigenvalue weighted by Crippen LogP contribution is 2.19. The first kappa shape index (κ1) is 25.4. The fourth-order valence-electron chi connectivity index (χ4n) is 3.48. The predicted octanol–water partition coefficient (Wildman–Crippen LogP) is 2.42. The molecule has 1 heterocycles. The average molecular weight is 452 g/mol. The zero-order valence-electron chi connectivity index (χ0n) is 19.0. The predicted molar refractivity (Wildman–Crippen MR) is 117 cm³/mol. The van der Waals surface area contributed by atoms with Crippen LogP contribution < -0.4 is 10.6 Å². The molecule has 0 fully saturated rings. The van der Waals surface area contributed by atoms with Crippen molar-refractivity contribution in [2.45, 2.75) is 51.3 Å². The van der Waals surface area contributed by atoms with E-state index in [2.05, 4.69) is 15.6 Å². The number of halogens is 2. The first-order valence-corrected chi connectivity index (χ1v) is 10.4. The fraction of sp³-hybridized carbons (Fsp3) is 0.500. The van der Waals surface area contributed by atoms with E-state index in [4.69, 9.17) is 0 Å². The third-order valence-electron chi connectivity index (χ3n) is 4.90. The van der Waals surface area contributed by atoms with E-state index in [1.54, 1.807) is 12.5 Å². The van der Waals surface area contributed by atoms with Crippen molar-refractivity contribution in [3.8, 4) is 0 Å². The highest BCUT2D eigenvalue weighted by Gasteiger charge is 2.27. The number of carbonyl (C=O) groups is 2. The number of aliphatic hydroxyl groups is 1. The third kappa shape index (κ3) is 6.83. The molecule has 0 saturated heterocycles. The van der Waals surface area contributed by atoms with E-state index in [-0.39, 0.29) is 11.1 Å². The van der Waals surface area contributed by atoms with E-state index in [9.17, 15) is 23.5 Å². The van der Waals surface area contributed by atoms with Gasteiger partial charge in [-0.15, -0.1) is 0 Å². The van der Waals surface area contributed by atoms with Crippen LogP contribution in [0.1, 0.15) is 45.3 Å². The minimum Gasteiger partial charge on any atom is -0.378 e. The summed E-state index contributed by atoms with van der Waals surface area (Å²) >= 11 is 0. The summed E-state index contributed by atoms with van der Waals surface area (Å²) in [4.78, 5) is 31.5. The van der Waals surface area contributed by atoms with E-state index < -0.39 is 35.6 Å². The molecule has 0 radical (unpaired) electrons. The van der Waals surface area contributed by atoms with Gasteiger partial charge in [0.15, 0.2) is 11.9 Å². The largest absolute Gasteiger partial charge is 0.378 e. The van der Waals surface area contributed by atoms with E-state index in [1.807, 2.05) is 44.3 Å². The summed E-state index contributed by atoms with van der Waals surface area (Å²) in [5.41, 5.74) is -0.501. The van der Waals surface area contributed by atoms with Crippen LogP contribution in [0.25, 0.3) is 0 Å². The Labute approximate surface area is 186 Å². The van der Waals surface area contributed by atoms with Crippen molar-refractivity contribution < 1.29 is 23.5 Å². The second kappa shape index (κ2) is 10.6. The maximum Gasteiger partial charge on any atom is 0.254 e. The summed E-state index contributed by atoms with van der Waals surface area (Å²) in [5.74, 6) is -2.94. The Kier molecular flexibility index (Phi) is 8.45. The highest BCUT2D eigenvalue weighted by molar-refractivity contribution is 5.97. The molecule has 0 aliphatic heterocycles. The second-order valence-electron chi connectivity index (χ2n) is 8.66. The molecule has 0 aliphatic rings. The van der Waals surface area contributed by atoms with Crippen LogP contribution in [0.2, 0.25) is 0 Å². The zero-order chi connectivity index (χ0) is 24.1. The van der Waals surface area contributed by atoms with Gasteiger partial charge < -0.3 is 25.2 Å². The summed E-state index contributed by atoms with van der Waals surface area (Å²) in [6, 6.07) is 1.41. The van der Waals surface area contributed by atoms with Crippen LogP contribution in [0.3, 0.4) is 0 Å². The van der Waals surface area contributed by atoms with Gasteiger partial charge in [-0.2, -0.15) is 0 Å².